The van der Waals surface area contributed by atoms with Crippen molar-refractivity contribution in [2.45, 2.75) is 13.2 Å². The Kier molecular flexibility index (Phi) is 4.52. The molecular formula is C19H16FNO2. The van der Waals surface area contributed by atoms with E-state index in [9.17, 15) is 9.18 Å². The number of nitrogens with zero attached hydrogens (tertiary/aromatic N) is 1. The highest BCUT2D eigenvalue weighted by Gasteiger charge is 2.06. The van der Waals surface area contributed by atoms with Crippen molar-refractivity contribution in [2.75, 3.05) is 0 Å². The van der Waals surface area contributed by atoms with E-state index in [0.717, 1.165) is 11.1 Å². The lowest BCUT2D eigenvalue weighted by Crippen LogP contribution is -2.21. The molecule has 2 aromatic carbocycles. The molecule has 0 radical (unpaired) electrons. The van der Waals surface area contributed by atoms with Crippen molar-refractivity contribution in [3.63, 3.8) is 0 Å². The van der Waals surface area contributed by atoms with Gasteiger partial charge in [0.2, 0.25) is 0 Å². The Morgan fingerprint density at radius 1 is 0.913 bits per heavy atom. The normalized spacial score (nSPS) is 10.5. The van der Waals surface area contributed by atoms with Crippen LogP contribution in [0.4, 0.5) is 4.39 Å². The number of rotatable bonds is 5. The molecule has 0 unspecified atom stereocenters. The van der Waals surface area contributed by atoms with Crippen LogP contribution in [0.2, 0.25) is 0 Å². The molecule has 0 aliphatic heterocycles. The Labute approximate surface area is 133 Å². The van der Waals surface area contributed by atoms with Crippen LogP contribution in [-0.2, 0) is 13.2 Å². The van der Waals surface area contributed by atoms with E-state index in [1.165, 1.54) is 16.7 Å². The number of halogens is 1. The van der Waals surface area contributed by atoms with Gasteiger partial charge in [-0.25, -0.2) is 4.39 Å². The SMILES string of the molecule is O=c1c(OCc2ccccc2)cccn1Cc1cccc(F)c1. The zero-order chi connectivity index (χ0) is 16.1. The largest absolute Gasteiger partial charge is 0.483 e. The van der Waals surface area contributed by atoms with Gasteiger partial charge in [-0.1, -0.05) is 42.5 Å². The Balaban J connectivity index is 1.77. The second kappa shape index (κ2) is 6.92. The third kappa shape index (κ3) is 3.86. The summed E-state index contributed by atoms with van der Waals surface area (Å²) in [5, 5.41) is 0. The predicted molar refractivity (Wildman–Crippen MR) is 87.0 cm³/mol. The van der Waals surface area contributed by atoms with Crippen LogP contribution in [-0.4, -0.2) is 4.57 Å². The monoisotopic (exact) mass is 309 g/mol. The van der Waals surface area contributed by atoms with Gasteiger partial charge in [0.25, 0.3) is 5.56 Å². The number of hydrogen-bond acceptors (Lipinski definition) is 2. The highest BCUT2D eigenvalue weighted by atomic mass is 19.1. The molecule has 0 fully saturated rings. The predicted octanol–water partition coefficient (Wildman–Crippen LogP) is 3.61. The quantitative estimate of drug-likeness (QED) is 0.721. The van der Waals surface area contributed by atoms with E-state index in [-0.39, 0.29) is 17.1 Å². The topological polar surface area (TPSA) is 31.2 Å². The zero-order valence-electron chi connectivity index (χ0n) is 12.5. The van der Waals surface area contributed by atoms with Gasteiger partial charge in [-0.15, -0.1) is 0 Å². The van der Waals surface area contributed by atoms with Crippen LogP contribution >= 0.6 is 0 Å². The van der Waals surface area contributed by atoms with Crippen LogP contribution in [0.25, 0.3) is 0 Å². The first-order chi connectivity index (χ1) is 11.2. The summed E-state index contributed by atoms with van der Waals surface area (Å²) in [6.45, 7) is 0.638. The van der Waals surface area contributed by atoms with E-state index in [4.69, 9.17) is 4.74 Å². The maximum Gasteiger partial charge on any atom is 0.293 e. The Hall–Kier alpha value is -2.88. The first-order valence-corrected chi connectivity index (χ1v) is 7.33. The van der Waals surface area contributed by atoms with Gasteiger partial charge in [0.1, 0.15) is 12.4 Å². The summed E-state index contributed by atoms with van der Waals surface area (Å²) in [5.74, 6) is -0.0280. The summed E-state index contributed by atoms with van der Waals surface area (Å²) in [7, 11) is 0. The third-order valence-corrected chi connectivity index (χ3v) is 3.46. The number of benzene rings is 2. The van der Waals surface area contributed by atoms with Crippen molar-refractivity contribution in [2.24, 2.45) is 0 Å². The molecule has 3 nitrogen and oxygen atoms in total. The number of ether oxygens (including phenoxy) is 1. The molecule has 3 rings (SSSR count). The maximum atomic E-state index is 13.2. The van der Waals surface area contributed by atoms with Crippen LogP contribution in [0.1, 0.15) is 11.1 Å². The number of aromatic nitrogens is 1. The summed E-state index contributed by atoms with van der Waals surface area (Å²) in [6, 6.07) is 19.3. The molecule has 0 N–H and O–H groups in total. The van der Waals surface area contributed by atoms with Gasteiger partial charge in [0.15, 0.2) is 5.75 Å². The van der Waals surface area contributed by atoms with Crippen molar-refractivity contribution in [1.82, 2.24) is 4.57 Å². The fraction of sp³-hybridized carbons (Fsp3) is 0.105. The summed E-state index contributed by atoms with van der Waals surface area (Å²) < 4.78 is 20.4. The van der Waals surface area contributed by atoms with Gasteiger partial charge in [0.05, 0.1) is 6.54 Å². The van der Waals surface area contributed by atoms with Crippen LogP contribution < -0.4 is 10.3 Å². The zero-order valence-corrected chi connectivity index (χ0v) is 12.5. The smallest absolute Gasteiger partial charge is 0.293 e. The maximum absolute atomic E-state index is 13.2. The highest BCUT2D eigenvalue weighted by Crippen LogP contribution is 2.09. The second-order valence-electron chi connectivity index (χ2n) is 5.21. The van der Waals surface area contributed by atoms with Gasteiger partial charge in [0, 0.05) is 6.20 Å². The van der Waals surface area contributed by atoms with E-state index in [2.05, 4.69) is 0 Å². The highest BCUT2D eigenvalue weighted by molar-refractivity contribution is 5.22. The van der Waals surface area contributed by atoms with Crippen molar-refractivity contribution in [3.8, 4) is 5.75 Å². The van der Waals surface area contributed by atoms with Gasteiger partial charge >= 0.3 is 0 Å². The Morgan fingerprint density at radius 3 is 2.48 bits per heavy atom. The van der Waals surface area contributed by atoms with E-state index in [1.54, 1.807) is 30.5 Å². The summed E-state index contributed by atoms with van der Waals surface area (Å²) in [4.78, 5) is 12.4. The molecular weight excluding hydrogens is 293 g/mol. The van der Waals surface area contributed by atoms with Crippen molar-refractivity contribution in [3.05, 3.63) is 100 Å². The fourth-order valence-electron chi connectivity index (χ4n) is 2.32. The van der Waals surface area contributed by atoms with E-state index >= 15 is 0 Å². The molecule has 0 saturated heterocycles. The molecule has 0 aliphatic rings. The number of hydrogen-bond donors (Lipinski definition) is 0. The minimum Gasteiger partial charge on any atom is -0.483 e. The van der Waals surface area contributed by atoms with Crippen LogP contribution in [0.5, 0.6) is 5.75 Å². The molecule has 3 aromatic rings. The third-order valence-electron chi connectivity index (χ3n) is 3.46. The summed E-state index contributed by atoms with van der Waals surface area (Å²) in [6.07, 6.45) is 1.67. The van der Waals surface area contributed by atoms with Crippen LogP contribution in [0, 0.1) is 5.82 Å². The van der Waals surface area contributed by atoms with E-state index in [1.807, 2.05) is 30.3 Å². The lowest BCUT2D eigenvalue weighted by atomic mass is 10.2. The molecule has 116 valence electrons. The van der Waals surface area contributed by atoms with Gasteiger partial charge in [-0.2, -0.15) is 0 Å². The fourth-order valence-corrected chi connectivity index (χ4v) is 2.32. The molecule has 4 heteroatoms. The Bertz CT molecular complexity index is 843. The van der Waals surface area contributed by atoms with Crippen molar-refractivity contribution >= 4 is 0 Å². The molecule has 0 atom stereocenters. The molecule has 0 amide bonds. The summed E-state index contributed by atoms with van der Waals surface area (Å²) >= 11 is 0. The van der Waals surface area contributed by atoms with Crippen LogP contribution in [0.15, 0.2) is 77.7 Å². The lowest BCUT2D eigenvalue weighted by Gasteiger charge is -2.10. The molecule has 0 bridgehead atoms. The molecule has 23 heavy (non-hydrogen) atoms. The first kappa shape index (κ1) is 15.0. The Morgan fingerprint density at radius 2 is 1.70 bits per heavy atom. The molecule has 1 aromatic heterocycles. The van der Waals surface area contributed by atoms with Gasteiger partial charge < -0.3 is 9.30 Å². The lowest BCUT2D eigenvalue weighted by molar-refractivity contribution is 0.299. The van der Waals surface area contributed by atoms with Crippen molar-refractivity contribution < 1.29 is 9.13 Å². The van der Waals surface area contributed by atoms with E-state index < -0.39 is 0 Å². The average Bonchev–Trinajstić information content (AvgIpc) is 2.57. The number of pyridine rings is 1. The van der Waals surface area contributed by atoms with Crippen LogP contribution in [0.3, 0.4) is 0 Å². The molecule has 1 heterocycles. The van der Waals surface area contributed by atoms with Gasteiger partial charge in [-0.05, 0) is 35.4 Å². The standard InChI is InChI=1S/C19H16FNO2/c20-17-9-4-8-16(12-17)13-21-11-5-10-18(19(21)22)23-14-15-6-2-1-3-7-15/h1-12H,13-14H2. The van der Waals surface area contributed by atoms with Crippen molar-refractivity contribution in [1.29, 1.82) is 0 Å². The van der Waals surface area contributed by atoms with E-state index in [0.29, 0.717) is 13.2 Å². The van der Waals surface area contributed by atoms with Gasteiger partial charge in [-0.3, -0.25) is 4.79 Å². The average molecular weight is 309 g/mol. The minimum absolute atomic E-state index is 0.229. The minimum atomic E-state index is -0.313. The summed E-state index contributed by atoms with van der Waals surface area (Å²) in [5.41, 5.74) is 1.49. The molecule has 0 aliphatic carbocycles. The first-order valence-electron chi connectivity index (χ1n) is 7.33. The molecule has 0 spiro atoms. The second-order valence-corrected chi connectivity index (χ2v) is 5.21. The molecule has 0 saturated carbocycles.